The number of carboxylic acid groups (broad SMARTS) is 1. The van der Waals surface area contributed by atoms with Gasteiger partial charge in [0.15, 0.2) is 9.84 Å². The van der Waals surface area contributed by atoms with Gasteiger partial charge in [0.2, 0.25) is 5.91 Å². The van der Waals surface area contributed by atoms with Crippen LogP contribution in [0.5, 0.6) is 0 Å². The van der Waals surface area contributed by atoms with Gasteiger partial charge < -0.3 is 10.4 Å². The van der Waals surface area contributed by atoms with E-state index in [0.29, 0.717) is 5.75 Å². The Kier molecular flexibility index (Phi) is 7.15. The molecule has 0 spiro atoms. The molecule has 1 amide bonds. The van der Waals surface area contributed by atoms with Crippen LogP contribution >= 0.6 is 11.8 Å². The maximum atomic E-state index is 11.1. The van der Waals surface area contributed by atoms with Gasteiger partial charge in [0.25, 0.3) is 0 Å². The SMILES string of the molecule is CCS(=O)(=O)CC(=O)NCCSCC(=O)O. The molecule has 0 rings (SSSR count). The third kappa shape index (κ3) is 8.54. The summed E-state index contributed by atoms with van der Waals surface area (Å²) in [6, 6.07) is 0. The molecule has 0 aromatic heterocycles. The van der Waals surface area contributed by atoms with E-state index in [1.54, 1.807) is 0 Å². The first-order valence-corrected chi connectivity index (χ1v) is 7.61. The lowest BCUT2D eigenvalue weighted by Crippen LogP contribution is -2.32. The van der Waals surface area contributed by atoms with E-state index in [2.05, 4.69) is 5.32 Å². The summed E-state index contributed by atoms with van der Waals surface area (Å²) < 4.78 is 22.1. The Labute approximate surface area is 98.7 Å². The van der Waals surface area contributed by atoms with Crippen molar-refractivity contribution < 1.29 is 23.1 Å². The van der Waals surface area contributed by atoms with E-state index in [1.165, 1.54) is 6.92 Å². The Morgan fingerprint density at radius 3 is 2.50 bits per heavy atom. The molecule has 0 fully saturated rings. The van der Waals surface area contributed by atoms with Crippen LogP contribution < -0.4 is 5.32 Å². The molecule has 0 saturated carbocycles. The number of carbonyl (C=O) groups is 2. The Balaban J connectivity index is 3.63. The van der Waals surface area contributed by atoms with Crippen molar-refractivity contribution in [2.45, 2.75) is 6.92 Å². The fraction of sp³-hybridized carbons (Fsp3) is 0.750. The summed E-state index contributed by atoms with van der Waals surface area (Å²) in [4.78, 5) is 21.2. The molecular weight excluding hydrogens is 254 g/mol. The van der Waals surface area contributed by atoms with Crippen LogP contribution in [0.25, 0.3) is 0 Å². The van der Waals surface area contributed by atoms with Crippen molar-refractivity contribution in [3.8, 4) is 0 Å². The van der Waals surface area contributed by atoms with Gasteiger partial charge in [0.1, 0.15) is 5.75 Å². The number of amides is 1. The number of sulfone groups is 1. The van der Waals surface area contributed by atoms with Crippen molar-refractivity contribution in [3.05, 3.63) is 0 Å². The molecule has 0 aliphatic rings. The summed E-state index contributed by atoms with van der Waals surface area (Å²) in [5.41, 5.74) is 0. The Hall–Kier alpha value is -0.760. The van der Waals surface area contributed by atoms with E-state index in [4.69, 9.17) is 5.11 Å². The quantitative estimate of drug-likeness (QED) is 0.568. The minimum atomic E-state index is -3.29. The highest BCUT2D eigenvalue weighted by Crippen LogP contribution is 1.97. The van der Waals surface area contributed by atoms with Crippen molar-refractivity contribution in [1.29, 1.82) is 0 Å². The number of carboxylic acids is 1. The van der Waals surface area contributed by atoms with E-state index >= 15 is 0 Å². The first-order chi connectivity index (χ1) is 7.37. The molecule has 16 heavy (non-hydrogen) atoms. The van der Waals surface area contributed by atoms with Crippen molar-refractivity contribution in [3.63, 3.8) is 0 Å². The van der Waals surface area contributed by atoms with Gasteiger partial charge in [-0.3, -0.25) is 9.59 Å². The van der Waals surface area contributed by atoms with Gasteiger partial charge in [-0.2, -0.15) is 0 Å². The first-order valence-electron chi connectivity index (χ1n) is 4.64. The smallest absolute Gasteiger partial charge is 0.313 e. The lowest BCUT2D eigenvalue weighted by molar-refractivity contribution is -0.133. The van der Waals surface area contributed by atoms with E-state index in [-0.39, 0.29) is 18.1 Å². The van der Waals surface area contributed by atoms with Gasteiger partial charge in [0, 0.05) is 18.1 Å². The molecule has 0 radical (unpaired) electrons. The third-order valence-corrected chi connectivity index (χ3v) is 4.11. The highest BCUT2D eigenvalue weighted by Gasteiger charge is 2.13. The van der Waals surface area contributed by atoms with E-state index in [0.717, 1.165) is 11.8 Å². The van der Waals surface area contributed by atoms with Gasteiger partial charge in [-0.1, -0.05) is 6.92 Å². The van der Waals surface area contributed by atoms with Gasteiger partial charge in [-0.15, -0.1) is 11.8 Å². The predicted molar refractivity (Wildman–Crippen MR) is 62.3 cm³/mol. The second-order valence-corrected chi connectivity index (χ2v) is 6.43. The average molecular weight is 269 g/mol. The highest BCUT2D eigenvalue weighted by atomic mass is 32.2. The number of aliphatic carboxylic acids is 1. The molecule has 0 bridgehead atoms. The third-order valence-electron chi connectivity index (χ3n) is 1.58. The van der Waals surface area contributed by atoms with Crippen molar-refractivity contribution in [2.75, 3.05) is 29.6 Å². The molecule has 0 aliphatic heterocycles. The van der Waals surface area contributed by atoms with Crippen molar-refractivity contribution in [2.24, 2.45) is 0 Å². The van der Waals surface area contributed by atoms with Crippen LogP contribution in [0.1, 0.15) is 6.92 Å². The van der Waals surface area contributed by atoms with E-state index < -0.39 is 27.5 Å². The summed E-state index contributed by atoms with van der Waals surface area (Å²) >= 11 is 1.16. The van der Waals surface area contributed by atoms with Gasteiger partial charge in [-0.05, 0) is 0 Å². The Morgan fingerprint density at radius 2 is 2.00 bits per heavy atom. The molecular formula is C8H15NO5S2. The van der Waals surface area contributed by atoms with Crippen molar-refractivity contribution >= 4 is 33.5 Å². The van der Waals surface area contributed by atoms with E-state index in [1.807, 2.05) is 0 Å². The number of rotatable bonds is 8. The van der Waals surface area contributed by atoms with Crippen molar-refractivity contribution in [1.82, 2.24) is 5.32 Å². The van der Waals surface area contributed by atoms with Gasteiger partial charge in [-0.25, -0.2) is 8.42 Å². The molecule has 94 valence electrons. The lowest BCUT2D eigenvalue weighted by Gasteiger charge is -2.04. The van der Waals surface area contributed by atoms with Crippen LogP contribution in [0.4, 0.5) is 0 Å². The molecule has 0 heterocycles. The zero-order chi connectivity index (χ0) is 12.6. The normalized spacial score (nSPS) is 11.1. The zero-order valence-corrected chi connectivity index (χ0v) is 10.6. The Bertz CT molecular complexity index is 338. The summed E-state index contributed by atoms with van der Waals surface area (Å²) in [6.07, 6.45) is 0. The second-order valence-electron chi connectivity index (χ2n) is 2.97. The first kappa shape index (κ1) is 15.2. The van der Waals surface area contributed by atoms with Crippen LogP contribution in [-0.4, -0.2) is 55.0 Å². The molecule has 6 nitrogen and oxygen atoms in total. The largest absolute Gasteiger partial charge is 0.481 e. The minimum absolute atomic E-state index is 0.0247. The lowest BCUT2D eigenvalue weighted by atomic mass is 10.6. The molecule has 2 N–H and O–H groups in total. The summed E-state index contributed by atoms with van der Waals surface area (Å²) in [6.45, 7) is 1.75. The summed E-state index contributed by atoms with van der Waals surface area (Å²) in [5.74, 6) is -1.60. The molecule has 0 saturated heterocycles. The zero-order valence-electron chi connectivity index (χ0n) is 8.93. The number of carbonyl (C=O) groups excluding carboxylic acids is 1. The van der Waals surface area contributed by atoms with Crippen LogP contribution in [0.15, 0.2) is 0 Å². The van der Waals surface area contributed by atoms with E-state index in [9.17, 15) is 18.0 Å². The second kappa shape index (κ2) is 7.50. The van der Waals surface area contributed by atoms with Crippen LogP contribution in [0.2, 0.25) is 0 Å². The van der Waals surface area contributed by atoms with Gasteiger partial charge in [0.05, 0.1) is 5.75 Å². The van der Waals surface area contributed by atoms with Gasteiger partial charge >= 0.3 is 5.97 Å². The Morgan fingerprint density at radius 1 is 1.38 bits per heavy atom. The minimum Gasteiger partial charge on any atom is -0.481 e. The molecule has 0 aromatic carbocycles. The highest BCUT2D eigenvalue weighted by molar-refractivity contribution is 7.99. The summed E-state index contributed by atoms with van der Waals surface area (Å²) in [5, 5.41) is 10.7. The monoisotopic (exact) mass is 269 g/mol. The van der Waals surface area contributed by atoms with Crippen LogP contribution in [0.3, 0.4) is 0 Å². The van der Waals surface area contributed by atoms with Crippen LogP contribution in [-0.2, 0) is 19.4 Å². The number of nitrogens with one attached hydrogen (secondary N) is 1. The fourth-order valence-corrected chi connectivity index (χ4v) is 2.05. The number of thioether (sulfide) groups is 1. The fourth-order valence-electron chi connectivity index (χ4n) is 0.775. The summed E-state index contributed by atoms with van der Waals surface area (Å²) in [7, 11) is -3.29. The maximum Gasteiger partial charge on any atom is 0.313 e. The average Bonchev–Trinajstić information content (AvgIpc) is 2.16. The predicted octanol–water partition coefficient (Wildman–Crippen LogP) is -0.645. The number of hydrogen-bond acceptors (Lipinski definition) is 5. The number of hydrogen-bond donors (Lipinski definition) is 2. The molecule has 0 aliphatic carbocycles. The maximum absolute atomic E-state index is 11.1. The molecule has 0 unspecified atom stereocenters. The standard InChI is InChI=1S/C8H15NO5S2/c1-2-16(13,14)6-7(10)9-3-4-15-5-8(11)12/h2-6H2,1H3,(H,9,10)(H,11,12). The van der Waals surface area contributed by atoms with Crippen LogP contribution in [0, 0.1) is 0 Å². The molecule has 0 atom stereocenters. The molecule has 0 aromatic rings. The molecule has 8 heteroatoms. The topological polar surface area (TPSA) is 101 Å².